The maximum absolute atomic E-state index is 13.0. The van der Waals surface area contributed by atoms with Crippen molar-refractivity contribution in [3.05, 3.63) is 56.4 Å². The summed E-state index contributed by atoms with van der Waals surface area (Å²) in [4.78, 5) is 20.1. The van der Waals surface area contributed by atoms with Gasteiger partial charge in [-0.05, 0) is 83.4 Å². The van der Waals surface area contributed by atoms with Crippen molar-refractivity contribution < 1.29 is 14.3 Å². The topological polar surface area (TPSA) is 74.9 Å². The fourth-order valence-electron chi connectivity index (χ4n) is 3.17. The molecule has 0 spiro atoms. The lowest BCUT2D eigenvalue weighted by atomic mass is 10.1. The van der Waals surface area contributed by atoms with Gasteiger partial charge < -0.3 is 9.47 Å². The number of ether oxygens (including phenoxy) is 2. The van der Waals surface area contributed by atoms with Crippen molar-refractivity contribution in [2.45, 2.75) is 20.8 Å². The Labute approximate surface area is 194 Å². The normalized spacial score (nSPS) is 16.1. The molecule has 0 atom stereocenters. The van der Waals surface area contributed by atoms with Crippen LogP contribution >= 0.6 is 27.7 Å². The number of para-hydroxylation sites is 1. The molecule has 1 fully saturated rings. The summed E-state index contributed by atoms with van der Waals surface area (Å²) in [5.74, 6) is 0.838. The molecule has 0 saturated carbocycles. The average Bonchev–Trinajstić information content (AvgIpc) is 3.03. The zero-order chi connectivity index (χ0) is 22.5. The fourth-order valence-corrected chi connectivity index (χ4v) is 4.79. The van der Waals surface area contributed by atoms with Crippen molar-refractivity contribution in [2.24, 2.45) is 4.99 Å². The van der Waals surface area contributed by atoms with E-state index in [-0.39, 0.29) is 12.5 Å². The number of benzene rings is 2. The molecular formula is C23H22BrN3O3S. The van der Waals surface area contributed by atoms with Crippen LogP contribution in [0, 0.1) is 25.2 Å². The van der Waals surface area contributed by atoms with E-state index in [0.717, 1.165) is 22.4 Å². The highest BCUT2D eigenvalue weighted by atomic mass is 79.9. The molecule has 0 aromatic heterocycles. The van der Waals surface area contributed by atoms with Gasteiger partial charge in [-0.15, -0.1) is 0 Å². The van der Waals surface area contributed by atoms with Crippen LogP contribution in [0.4, 0.5) is 5.69 Å². The van der Waals surface area contributed by atoms with Gasteiger partial charge in [0.1, 0.15) is 6.07 Å². The lowest BCUT2D eigenvalue weighted by Gasteiger charge is -2.13. The number of rotatable bonds is 6. The zero-order valence-corrected chi connectivity index (χ0v) is 20.1. The second-order valence-electron chi connectivity index (χ2n) is 6.78. The second kappa shape index (κ2) is 10.0. The van der Waals surface area contributed by atoms with Gasteiger partial charge in [0.15, 0.2) is 23.3 Å². The molecule has 0 N–H and O–H groups in total. The third-order valence-corrected chi connectivity index (χ3v) is 6.28. The standard InChI is InChI=1S/C23H22BrN3O3S/c1-5-27-22(28)19(31-23(27)26-20-14(2)7-6-8-15(20)3)13-16-11-17(24)21(30-10-9-25)18(12-16)29-4/h6-8,11-13H,5,10H2,1-4H3. The number of thioether (sulfide) groups is 1. The van der Waals surface area contributed by atoms with Crippen LogP contribution in [0.2, 0.25) is 0 Å². The Morgan fingerprint density at radius 1 is 1.29 bits per heavy atom. The van der Waals surface area contributed by atoms with Crippen molar-refractivity contribution in [2.75, 3.05) is 20.3 Å². The van der Waals surface area contributed by atoms with E-state index in [0.29, 0.717) is 32.6 Å². The minimum Gasteiger partial charge on any atom is -0.493 e. The number of methoxy groups -OCH3 is 1. The number of hydrogen-bond acceptors (Lipinski definition) is 6. The highest BCUT2D eigenvalue weighted by Gasteiger charge is 2.32. The lowest BCUT2D eigenvalue weighted by molar-refractivity contribution is -0.122. The highest BCUT2D eigenvalue weighted by Crippen LogP contribution is 2.39. The molecule has 2 aromatic rings. The number of amides is 1. The largest absolute Gasteiger partial charge is 0.493 e. The van der Waals surface area contributed by atoms with Crippen molar-refractivity contribution in [3.8, 4) is 17.6 Å². The first-order valence-electron chi connectivity index (χ1n) is 9.63. The van der Waals surface area contributed by atoms with Gasteiger partial charge >= 0.3 is 0 Å². The zero-order valence-electron chi connectivity index (χ0n) is 17.7. The van der Waals surface area contributed by atoms with Gasteiger partial charge in [0.2, 0.25) is 0 Å². The maximum atomic E-state index is 13.0. The summed E-state index contributed by atoms with van der Waals surface area (Å²) in [6.45, 7) is 6.40. The van der Waals surface area contributed by atoms with Crippen LogP contribution in [0.1, 0.15) is 23.6 Å². The molecule has 1 aliphatic rings. The summed E-state index contributed by atoms with van der Waals surface area (Å²) >= 11 is 4.81. The first-order valence-corrected chi connectivity index (χ1v) is 11.2. The van der Waals surface area contributed by atoms with Gasteiger partial charge in [-0.1, -0.05) is 18.2 Å². The average molecular weight is 500 g/mol. The van der Waals surface area contributed by atoms with Crippen molar-refractivity contribution in [1.29, 1.82) is 5.26 Å². The summed E-state index contributed by atoms with van der Waals surface area (Å²) in [6.07, 6.45) is 1.81. The Balaban J connectivity index is 1.99. The van der Waals surface area contributed by atoms with E-state index < -0.39 is 0 Å². The molecular weight excluding hydrogens is 478 g/mol. The molecule has 0 bridgehead atoms. The number of aryl methyl sites for hydroxylation is 2. The summed E-state index contributed by atoms with van der Waals surface area (Å²) in [5, 5.41) is 9.43. The summed E-state index contributed by atoms with van der Waals surface area (Å²) in [7, 11) is 1.53. The predicted molar refractivity (Wildman–Crippen MR) is 128 cm³/mol. The molecule has 1 amide bonds. The molecule has 31 heavy (non-hydrogen) atoms. The van der Waals surface area contributed by atoms with Crippen LogP contribution < -0.4 is 9.47 Å². The summed E-state index contributed by atoms with van der Waals surface area (Å²) in [5.41, 5.74) is 3.79. The Kier molecular flexibility index (Phi) is 7.42. The Morgan fingerprint density at radius 2 is 2.00 bits per heavy atom. The summed E-state index contributed by atoms with van der Waals surface area (Å²) < 4.78 is 11.5. The fraction of sp³-hybridized carbons (Fsp3) is 0.261. The first kappa shape index (κ1) is 22.9. The monoisotopic (exact) mass is 499 g/mol. The summed E-state index contributed by atoms with van der Waals surface area (Å²) in [6, 6.07) is 11.6. The quantitative estimate of drug-likeness (QED) is 0.483. The van der Waals surface area contributed by atoms with Gasteiger partial charge in [0.05, 0.1) is 22.2 Å². The van der Waals surface area contributed by atoms with Gasteiger partial charge in [-0.2, -0.15) is 5.26 Å². The third-order valence-electron chi connectivity index (χ3n) is 4.68. The number of nitrogens with zero attached hydrogens (tertiary/aromatic N) is 3. The molecule has 0 aliphatic carbocycles. The van der Waals surface area contributed by atoms with Crippen LogP contribution in [0.15, 0.2) is 44.7 Å². The first-order chi connectivity index (χ1) is 14.9. The minimum absolute atomic E-state index is 0.0858. The van der Waals surface area contributed by atoms with Crippen molar-refractivity contribution in [1.82, 2.24) is 4.90 Å². The number of halogens is 1. The van der Waals surface area contributed by atoms with E-state index in [1.165, 1.54) is 18.9 Å². The van der Waals surface area contributed by atoms with Crippen LogP contribution in [0.25, 0.3) is 6.08 Å². The molecule has 0 radical (unpaired) electrons. The number of amidine groups is 1. The van der Waals surface area contributed by atoms with Gasteiger partial charge in [0.25, 0.3) is 5.91 Å². The molecule has 0 unspecified atom stereocenters. The van der Waals surface area contributed by atoms with E-state index in [1.54, 1.807) is 11.0 Å². The molecule has 8 heteroatoms. The number of likely N-dealkylation sites (N-methyl/N-ethyl adjacent to an activating group) is 1. The van der Waals surface area contributed by atoms with Crippen LogP contribution in [0.3, 0.4) is 0 Å². The molecule has 6 nitrogen and oxygen atoms in total. The number of carbonyl (C=O) groups is 1. The number of aliphatic imine (C=N–C) groups is 1. The van der Waals surface area contributed by atoms with E-state index in [4.69, 9.17) is 19.7 Å². The van der Waals surface area contributed by atoms with Crippen LogP contribution in [0.5, 0.6) is 11.5 Å². The highest BCUT2D eigenvalue weighted by molar-refractivity contribution is 9.10. The number of nitriles is 1. The molecule has 1 heterocycles. The SMILES string of the molecule is CCN1C(=O)C(=Cc2cc(Br)c(OCC#N)c(OC)c2)SC1=Nc1c(C)cccc1C. The second-order valence-corrected chi connectivity index (χ2v) is 8.64. The molecule has 2 aromatic carbocycles. The molecule has 1 saturated heterocycles. The smallest absolute Gasteiger partial charge is 0.266 e. The van der Waals surface area contributed by atoms with Crippen LogP contribution in [-0.4, -0.2) is 36.2 Å². The Hall–Kier alpha value is -2.76. The third kappa shape index (κ3) is 4.94. The Morgan fingerprint density at radius 3 is 2.61 bits per heavy atom. The molecule has 160 valence electrons. The van der Waals surface area contributed by atoms with Gasteiger partial charge in [0, 0.05) is 6.54 Å². The number of carbonyl (C=O) groups excluding carboxylic acids is 1. The van der Waals surface area contributed by atoms with Gasteiger partial charge in [-0.3, -0.25) is 9.69 Å². The van der Waals surface area contributed by atoms with E-state index >= 15 is 0 Å². The van der Waals surface area contributed by atoms with E-state index in [1.807, 2.05) is 57.2 Å². The Bertz CT molecular complexity index is 1100. The van der Waals surface area contributed by atoms with Crippen molar-refractivity contribution >= 4 is 50.5 Å². The van der Waals surface area contributed by atoms with Crippen LogP contribution in [-0.2, 0) is 4.79 Å². The molecule has 3 rings (SSSR count). The molecule has 1 aliphatic heterocycles. The lowest BCUT2D eigenvalue weighted by Crippen LogP contribution is -2.28. The maximum Gasteiger partial charge on any atom is 0.266 e. The van der Waals surface area contributed by atoms with E-state index in [2.05, 4.69) is 15.9 Å². The van der Waals surface area contributed by atoms with Crippen molar-refractivity contribution in [3.63, 3.8) is 0 Å². The van der Waals surface area contributed by atoms with E-state index in [9.17, 15) is 4.79 Å². The van der Waals surface area contributed by atoms with Gasteiger partial charge in [-0.25, -0.2) is 4.99 Å². The minimum atomic E-state index is -0.0899. The number of hydrogen-bond donors (Lipinski definition) is 0. The predicted octanol–water partition coefficient (Wildman–Crippen LogP) is 5.60.